The number of nitrogens with zero attached hydrogens (tertiary/aromatic N) is 5. The van der Waals surface area contributed by atoms with Gasteiger partial charge in [-0.25, -0.2) is 9.97 Å². The van der Waals surface area contributed by atoms with Gasteiger partial charge in [0.25, 0.3) is 0 Å². The maximum absolute atomic E-state index is 5.93. The molecule has 3 aromatic rings. The van der Waals surface area contributed by atoms with Gasteiger partial charge in [-0.15, -0.1) is 5.10 Å². The quantitative estimate of drug-likeness (QED) is 0.539. The number of nitrogen functional groups attached to an aromatic ring is 1. The predicted molar refractivity (Wildman–Crippen MR) is 102 cm³/mol. The Morgan fingerprint density at radius 3 is 2.68 bits per heavy atom. The van der Waals surface area contributed by atoms with E-state index >= 15 is 0 Å². The monoisotopic (exact) mass is 356 g/mol. The largest absolute Gasteiger partial charge is 0.384 e. The second-order valence-corrected chi connectivity index (χ2v) is 13.0. The lowest BCUT2D eigenvalue weighted by Crippen LogP contribution is -2.22. The first-order valence-corrected chi connectivity index (χ1v) is 12.0. The Morgan fingerprint density at radius 2 is 2.00 bits per heavy atom. The third-order valence-corrected chi connectivity index (χ3v) is 5.60. The summed E-state index contributed by atoms with van der Waals surface area (Å²) < 4.78 is 7.91. The number of aromatic nitrogens is 5. The smallest absolute Gasteiger partial charge is 0.163 e. The molecule has 2 N–H and O–H groups in total. The average Bonchev–Trinajstić information content (AvgIpc) is 2.89. The van der Waals surface area contributed by atoms with Crippen molar-refractivity contribution < 1.29 is 4.74 Å². The van der Waals surface area contributed by atoms with Crippen LogP contribution in [0, 0.1) is 6.92 Å². The molecule has 0 fully saturated rings. The lowest BCUT2D eigenvalue weighted by atomic mass is 10.3. The molecule has 0 atom stereocenters. The van der Waals surface area contributed by atoms with Crippen LogP contribution in [0.2, 0.25) is 25.7 Å². The fourth-order valence-corrected chi connectivity index (χ4v) is 3.17. The van der Waals surface area contributed by atoms with Crippen LogP contribution in [0.4, 0.5) is 5.82 Å². The highest BCUT2D eigenvalue weighted by Crippen LogP contribution is 2.24. The standard InChI is InChI=1S/C17H24N6OSi/c1-12-5-6-13(22-21-12)17-20-14-9-16(18)19-10-15(14)23(17)11-24-7-8-25(2,3)4/h5-6,9-10H,7-8,11H2,1-4H3,(H2,18,19). The van der Waals surface area contributed by atoms with E-state index < -0.39 is 8.07 Å². The number of aryl methyl sites for hydroxylation is 1. The Morgan fingerprint density at radius 1 is 1.20 bits per heavy atom. The topological polar surface area (TPSA) is 91.7 Å². The number of pyridine rings is 1. The van der Waals surface area contributed by atoms with Crippen LogP contribution in [-0.4, -0.2) is 39.4 Å². The Bertz CT molecular complexity index is 869. The first-order valence-electron chi connectivity index (χ1n) is 8.34. The van der Waals surface area contributed by atoms with E-state index in [1.165, 1.54) is 0 Å². The van der Waals surface area contributed by atoms with Gasteiger partial charge >= 0.3 is 0 Å². The number of hydrogen-bond donors (Lipinski definition) is 1. The van der Waals surface area contributed by atoms with Crippen molar-refractivity contribution in [2.24, 2.45) is 0 Å². The van der Waals surface area contributed by atoms with Crippen molar-refractivity contribution in [3.05, 3.63) is 30.1 Å². The van der Waals surface area contributed by atoms with Gasteiger partial charge in [-0.05, 0) is 25.1 Å². The molecule has 0 saturated heterocycles. The summed E-state index contributed by atoms with van der Waals surface area (Å²) in [6, 6.07) is 6.72. The van der Waals surface area contributed by atoms with E-state index in [1.54, 1.807) is 12.3 Å². The molecule has 0 amide bonds. The van der Waals surface area contributed by atoms with Crippen molar-refractivity contribution in [3.63, 3.8) is 0 Å². The fourth-order valence-electron chi connectivity index (χ4n) is 2.42. The zero-order valence-electron chi connectivity index (χ0n) is 15.2. The van der Waals surface area contributed by atoms with E-state index in [2.05, 4.69) is 39.8 Å². The molecule has 3 aromatic heterocycles. The van der Waals surface area contributed by atoms with Gasteiger partial charge < -0.3 is 10.5 Å². The summed E-state index contributed by atoms with van der Waals surface area (Å²) in [6.45, 7) is 10.0. The van der Waals surface area contributed by atoms with Crippen LogP contribution in [0.5, 0.6) is 0 Å². The number of rotatable bonds is 6. The van der Waals surface area contributed by atoms with E-state index in [0.29, 0.717) is 24.1 Å². The molecular formula is C17H24N6OSi. The SMILES string of the molecule is Cc1ccc(-c2nc3cc(N)ncc3n2COCC[Si](C)(C)C)nn1. The average molecular weight is 357 g/mol. The van der Waals surface area contributed by atoms with Crippen molar-refractivity contribution >= 4 is 24.9 Å². The molecule has 0 saturated carbocycles. The molecule has 3 heterocycles. The Labute approximate surface area is 148 Å². The molecule has 0 spiro atoms. The highest BCUT2D eigenvalue weighted by atomic mass is 28.3. The highest BCUT2D eigenvalue weighted by molar-refractivity contribution is 6.76. The highest BCUT2D eigenvalue weighted by Gasteiger charge is 2.16. The van der Waals surface area contributed by atoms with Gasteiger partial charge in [-0.3, -0.25) is 4.57 Å². The number of nitrogens with two attached hydrogens (primary N) is 1. The summed E-state index contributed by atoms with van der Waals surface area (Å²) in [6.07, 6.45) is 1.73. The number of imidazole rings is 1. The Kier molecular flexibility index (Phi) is 4.82. The minimum absolute atomic E-state index is 0.400. The van der Waals surface area contributed by atoms with Crippen molar-refractivity contribution in [2.75, 3.05) is 12.3 Å². The Hall–Kier alpha value is -2.32. The van der Waals surface area contributed by atoms with Crippen LogP contribution in [0.15, 0.2) is 24.4 Å². The van der Waals surface area contributed by atoms with Crippen LogP contribution in [-0.2, 0) is 11.5 Å². The maximum Gasteiger partial charge on any atom is 0.163 e. The van der Waals surface area contributed by atoms with E-state index in [0.717, 1.165) is 29.4 Å². The molecule has 0 aliphatic carbocycles. The van der Waals surface area contributed by atoms with E-state index in [1.807, 2.05) is 23.6 Å². The summed E-state index contributed by atoms with van der Waals surface area (Å²) in [5.74, 6) is 1.15. The minimum Gasteiger partial charge on any atom is -0.384 e. The third kappa shape index (κ3) is 4.20. The summed E-state index contributed by atoms with van der Waals surface area (Å²) in [4.78, 5) is 8.86. The number of hydrogen-bond acceptors (Lipinski definition) is 6. The lowest BCUT2D eigenvalue weighted by molar-refractivity contribution is 0.0908. The molecule has 0 aliphatic rings. The molecule has 8 heteroatoms. The first-order chi connectivity index (χ1) is 11.8. The molecule has 25 heavy (non-hydrogen) atoms. The molecule has 132 valence electrons. The van der Waals surface area contributed by atoms with E-state index in [-0.39, 0.29) is 0 Å². The van der Waals surface area contributed by atoms with Crippen LogP contribution < -0.4 is 5.73 Å². The first kappa shape index (κ1) is 17.5. The van der Waals surface area contributed by atoms with Crippen molar-refractivity contribution in [2.45, 2.75) is 39.3 Å². The van der Waals surface area contributed by atoms with E-state index in [4.69, 9.17) is 10.5 Å². The molecular weight excluding hydrogens is 332 g/mol. The van der Waals surface area contributed by atoms with Crippen LogP contribution in [0.1, 0.15) is 5.69 Å². The second-order valence-electron chi connectivity index (χ2n) is 7.37. The molecule has 3 rings (SSSR count). The summed E-state index contributed by atoms with van der Waals surface area (Å²) in [5.41, 5.74) is 9.01. The second kappa shape index (κ2) is 6.89. The maximum atomic E-state index is 5.93. The van der Waals surface area contributed by atoms with Gasteiger partial charge in [0.2, 0.25) is 0 Å². The molecule has 7 nitrogen and oxygen atoms in total. The van der Waals surface area contributed by atoms with Crippen molar-refractivity contribution in [1.82, 2.24) is 24.7 Å². The fraction of sp³-hybridized carbons (Fsp3) is 0.412. The molecule has 0 bridgehead atoms. The zero-order valence-corrected chi connectivity index (χ0v) is 16.2. The number of ether oxygens (including phenoxy) is 1. The summed E-state index contributed by atoms with van der Waals surface area (Å²) >= 11 is 0. The number of fused-ring (bicyclic) bond motifs is 1. The van der Waals surface area contributed by atoms with Crippen molar-refractivity contribution in [3.8, 4) is 11.5 Å². The van der Waals surface area contributed by atoms with E-state index in [9.17, 15) is 0 Å². The van der Waals surface area contributed by atoms with Gasteiger partial charge in [-0.1, -0.05) is 19.6 Å². The van der Waals surface area contributed by atoms with Gasteiger partial charge in [-0.2, -0.15) is 5.10 Å². The molecule has 0 aromatic carbocycles. The summed E-state index contributed by atoms with van der Waals surface area (Å²) in [7, 11) is -1.13. The van der Waals surface area contributed by atoms with Gasteiger partial charge in [0, 0.05) is 20.7 Å². The van der Waals surface area contributed by atoms with Crippen LogP contribution in [0.3, 0.4) is 0 Å². The van der Waals surface area contributed by atoms with Crippen LogP contribution >= 0.6 is 0 Å². The van der Waals surface area contributed by atoms with Gasteiger partial charge in [0.1, 0.15) is 18.2 Å². The van der Waals surface area contributed by atoms with Gasteiger partial charge in [0.15, 0.2) is 5.82 Å². The lowest BCUT2D eigenvalue weighted by Gasteiger charge is -2.16. The number of anilines is 1. The van der Waals surface area contributed by atoms with Crippen molar-refractivity contribution in [1.29, 1.82) is 0 Å². The zero-order chi connectivity index (χ0) is 18.0. The molecule has 0 unspecified atom stereocenters. The molecule has 0 radical (unpaired) electrons. The normalized spacial score (nSPS) is 12.0. The summed E-state index contributed by atoms with van der Waals surface area (Å²) in [5, 5.41) is 8.39. The Balaban J connectivity index is 1.93. The van der Waals surface area contributed by atoms with Gasteiger partial charge in [0.05, 0.1) is 22.9 Å². The predicted octanol–water partition coefficient (Wildman–Crippen LogP) is 3.09. The van der Waals surface area contributed by atoms with Crippen LogP contribution in [0.25, 0.3) is 22.6 Å². The minimum atomic E-state index is -1.13. The molecule has 0 aliphatic heterocycles. The third-order valence-electron chi connectivity index (χ3n) is 3.90.